The summed E-state index contributed by atoms with van der Waals surface area (Å²) in [5, 5.41) is 8.88. The van der Waals surface area contributed by atoms with Crippen LogP contribution in [-0.2, 0) is 14.3 Å². The Morgan fingerprint density at radius 2 is 2.26 bits per heavy atom. The van der Waals surface area contributed by atoms with Gasteiger partial charge in [-0.25, -0.2) is 4.99 Å². The Morgan fingerprint density at radius 1 is 1.47 bits per heavy atom. The van der Waals surface area contributed by atoms with Crippen LogP contribution in [0.2, 0.25) is 0 Å². The van der Waals surface area contributed by atoms with Crippen LogP contribution >= 0.6 is 11.8 Å². The minimum Gasteiger partial charge on any atom is -0.454 e. The van der Waals surface area contributed by atoms with Crippen molar-refractivity contribution in [1.82, 2.24) is 0 Å². The van der Waals surface area contributed by atoms with Crippen LogP contribution in [0.25, 0.3) is 0 Å². The molecule has 6 heteroatoms. The average Bonchev–Trinajstić information content (AvgIpc) is 2.84. The van der Waals surface area contributed by atoms with Crippen molar-refractivity contribution >= 4 is 23.4 Å². The molecule has 0 aromatic carbocycles. The number of nitrogens with zero attached hydrogens (tertiary/aromatic N) is 1. The number of aliphatic imine (C=N–C) groups is 1. The zero-order chi connectivity index (χ0) is 13.4. The number of amides is 1. The van der Waals surface area contributed by atoms with Crippen LogP contribution in [0.4, 0.5) is 0 Å². The van der Waals surface area contributed by atoms with Gasteiger partial charge in [0.1, 0.15) is 0 Å². The van der Waals surface area contributed by atoms with Gasteiger partial charge in [-0.3, -0.25) is 4.79 Å². The molecule has 5 nitrogen and oxygen atoms in total. The third-order valence-corrected chi connectivity index (χ3v) is 4.35. The summed E-state index contributed by atoms with van der Waals surface area (Å²) in [7, 11) is 0. The van der Waals surface area contributed by atoms with E-state index in [2.05, 4.69) is 4.99 Å². The van der Waals surface area contributed by atoms with Crippen molar-refractivity contribution < 1.29 is 19.4 Å². The quantitative estimate of drug-likeness (QED) is 0.845. The Bertz CT molecular complexity index is 559. The highest BCUT2D eigenvalue weighted by Crippen LogP contribution is 2.37. The number of dihydropyridines is 1. The predicted molar refractivity (Wildman–Crippen MR) is 71.4 cm³/mol. The van der Waals surface area contributed by atoms with Gasteiger partial charge in [0, 0.05) is 17.7 Å². The fraction of sp³-hybridized carbons (Fsp3) is 0.385. The van der Waals surface area contributed by atoms with Crippen LogP contribution in [0.15, 0.2) is 39.1 Å². The lowest BCUT2D eigenvalue weighted by atomic mass is 9.88. The van der Waals surface area contributed by atoms with Crippen LogP contribution in [0.5, 0.6) is 0 Å². The number of allylic oxidation sites excluding steroid dienone is 3. The molecule has 19 heavy (non-hydrogen) atoms. The van der Waals surface area contributed by atoms with E-state index < -0.39 is 0 Å². The SMILES string of the molecule is CC1=C(SCCO)C(=O)N=C2C=C3OCOC3=CC21. The minimum atomic E-state index is -0.241. The molecule has 3 rings (SSSR count). The van der Waals surface area contributed by atoms with Gasteiger partial charge in [0.25, 0.3) is 5.91 Å². The fourth-order valence-corrected chi connectivity index (χ4v) is 3.07. The molecule has 1 unspecified atom stereocenters. The molecule has 0 bridgehead atoms. The van der Waals surface area contributed by atoms with E-state index in [1.54, 1.807) is 6.08 Å². The highest BCUT2D eigenvalue weighted by Gasteiger charge is 2.33. The van der Waals surface area contributed by atoms with Gasteiger partial charge in [-0.15, -0.1) is 11.8 Å². The number of thioether (sulfide) groups is 1. The maximum absolute atomic E-state index is 12.0. The van der Waals surface area contributed by atoms with Crippen molar-refractivity contribution in [2.45, 2.75) is 6.92 Å². The first-order valence-electron chi connectivity index (χ1n) is 5.97. The largest absolute Gasteiger partial charge is 0.454 e. The smallest absolute Gasteiger partial charge is 0.283 e. The fourth-order valence-electron chi connectivity index (χ4n) is 2.25. The maximum atomic E-state index is 12.0. The topological polar surface area (TPSA) is 68.1 Å². The standard InChI is InChI=1S/C13H13NO4S/c1-7-8-4-10-11(18-6-17-10)5-9(8)14-13(16)12(7)19-3-2-15/h4-5,8,15H,2-3,6H2,1H3. The van der Waals surface area contributed by atoms with Gasteiger partial charge in [0.05, 0.1) is 17.2 Å². The predicted octanol–water partition coefficient (Wildman–Crippen LogP) is 1.37. The van der Waals surface area contributed by atoms with E-state index in [0.717, 1.165) is 5.57 Å². The Labute approximate surface area is 114 Å². The summed E-state index contributed by atoms with van der Waals surface area (Å²) in [5.41, 5.74) is 1.65. The average molecular weight is 279 g/mol. The summed E-state index contributed by atoms with van der Waals surface area (Å²) in [4.78, 5) is 16.7. The lowest BCUT2D eigenvalue weighted by Crippen LogP contribution is -2.24. The van der Waals surface area contributed by atoms with Crippen LogP contribution in [0.3, 0.4) is 0 Å². The lowest BCUT2D eigenvalue weighted by molar-refractivity contribution is -0.113. The van der Waals surface area contributed by atoms with E-state index >= 15 is 0 Å². The molecule has 1 atom stereocenters. The zero-order valence-corrected chi connectivity index (χ0v) is 11.2. The maximum Gasteiger partial charge on any atom is 0.283 e. The van der Waals surface area contributed by atoms with Crippen molar-refractivity contribution in [3.8, 4) is 0 Å². The first-order valence-corrected chi connectivity index (χ1v) is 6.96. The summed E-state index contributed by atoms with van der Waals surface area (Å²) in [6, 6.07) is 0. The van der Waals surface area contributed by atoms with Gasteiger partial charge in [-0.2, -0.15) is 0 Å². The number of aliphatic hydroxyl groups is 1. The number of hydrogen-bond acceptors (Lipinski definition) is 5. The first-order chi connectivity index (χ1) is 9.20. The molecule has 2 aliphatic heterocycles. The third kappa shape index (κ3) is 2.11. The minimum absolute atomic E-state index is 0.0397. The van der Waals surface area contributed by atoms with Gasteiger partial charge in [0.2, 0.25) is 6.79 Å². The van der Waals surface area contributed by atoms with E-state index in [4.69, 9.17) is 14.6 Å². The van der Waals surface area contributed by atoms with E-state index in [0.29, 0.717) is 27.9 Å². The number of fused-ring (bicyclic) bond motifs is 2. The van der Waals surface area contributed by atoms with E-state index in [1.165, 1.54) is 11.8 Å². The first kappa shape index (κ1) is 12.5. The molecule has 1 saturated heterocycles. The summed E-state index contributed by atoms with van der Waals surface area (Å²) in [6.07, 6.45) is 3.70. The van der Waals surface area contributed by atoms with E-state index in [1.807, 2.05) is 13.0 Å². The molecule has 0 aromatic rings. The van der Waals surface area contributed by atoms with Crippen LogP contribution in [0.1, 0.15) is 6.92 Å². The molecular weight excluding hydrogens is 266 g/mol. The van der Waals surface area contributed by atoms with Crippen LogP contribution in [-0.4, -0.2) is 35.9 Å². The number of carbonyl (C=O) groups is 1. The molecule has 0 spiro atoms. The second-order valence-electron chi connectivity index (χ2n) is 4.35. The molecular formula is C13H13NO4S. The molecule has 0 aromatic heterocycles. The molecule has 0 radical (unpaired) electrons. The molecule has 0 saturated carbocycles. The second kappa shape index (κ2) is 4.86. The molecule has 100 valence electrons. The molecule has 1 N–H and O–H groups in total. The number of ether oxygens (including phenoxy) is 2. The molecule has 3 aliphatic rings. The monoisotopic (exact) mass is 279 g/mol. The third-order valence-electron chi connectivity index (χ3n) is 3.17. The number of rotatable bonds is 3. The van der Waals surface area contributed by atoms with Gasteiger partial charge in [-0.1, -0.05) is 0 Å². The van der Waals surface area contributed by atoms with Crippen molar-refractivity contribution in [2.24, 2.45) is 10.9 Å². The van der Waals surface area contributed by atoms with Gasteiger partial charge < -0.3 is 14.6 Å². The summed E-state index contributed by atoms with van der Waals surface area (Å²) in [6.45, 7) is 2.17. The summed E-state index contributed by atoms with van der Waals surface area (Å²) in [5.74, 6) is 1.56. The highest BCUT2D eigenvalue weighted by atomic mass is 32.2. The Hall–Kier alpha value is -1.53. The normalized spacial score (nSPS) is 24.8. The van der Waals surface area contributed by atoms with Crippen LogP contribution < -0.4 is 0 Å². The number of hydrogen-bond donors (Lipinski definition) is 1. The van der Waals surface area contributed by atoms with Crippen molar-refractivity contribution in [3.05, 3.63) is 34.1 Å². The Kier molecular flexibility index (Phi) is 3.20. The van der Waals surface area contributed by atoms with E-state index in [9.17, 15) is 4.79 Å². The van der Waals surface area contributed by atoms with Gasteiger partial charge in [0.15, 0.2) is 11.5 Å². The molecule has 1 fully saturated rings. The lowest BCUT2D eigenvalue weighted by Gasteiger charge is -2.24. The van der Waals surface area contributed by atoms with Crippen molar-refractivity contribution in [1.29, 1.82) is 0 Å². The van der Waals surface area contributed by atoms with Crippen molar-refractivity contribution in [3.63, 3.8) is 0 Å². The summed E-state index contributed by atoms with van der Waals surface area (Å²) < 4.78 is 10.7. The Morgan fingerprint density at radius 3 is 3.05 bits per heavy atom. The zero-order valence-electron chi connectivity index (χ0n) is 10.4. The second-order valence-corrected chi connectivity index (χ2v) is 5.45. The van der Waals surface area contributed by atoms with Crippen molar-refractivity contribution in [2.75, 3.05) is 19.2 Å². The van der Waals surface area contributed by atoms with Gasteiger partial charge in [-0.05, 0) is 18.6 Å². The Balaban J connectivity index is 1.95. The molecule has 1 aliphatic carbocycles. The highest BCUT2D eigenvalue weighted by molar-refractivity contribution is 8.04. The molecule has 1 amide bonds. The van der Waals surface area contributed by atoms with Gasteiger partial charge >= 0.3 is 0 Å². The number of carbonyl (C=O) groups excluding carboxylic acids is 1. The van der Waals surface area contributed by atoms with E-state index in [-0.39, 0.29) is 25.2 Å². The molecule has 2 heterocycles. The summed E-state index contributed by atoms with van der Waals surface area (Å²) >= 11 is 1.35. The number of aliphatic hydroxyl groups excluding tert-OH is 1. The van der Waals surface area contributed by atoms with Crippen LogP contribution in [0, 0.1) is 5.92 Å².